The highest BCUT2D eigenvalue weighted by Gasteiger charge is 2.32. The van der Waals surface area contributed by atoms with Crippen LogP contribution in [-0.4, -0.2) is 75.4 Å². The zero-order valence-electron chi connectivity index (χ0n) is 25.3. The molecule has 14 heteroatoms. The molecule has 0 fully saturated rings. The van der Waals surface area contributed by atoms with Crippen molar-refractivity contribution in [1.29, 1.82) is 0 Å². The summed E-state index contributed by atoms with van der Waals surface area (Å²) in [4.78, 5) is 70.3. The maximum absolute atomic E-state index is 13.6. The maximum atomic E-state index is 13.6. The lowest BCUT2D eigenvalue weighted by Gasteiger charge is -2.25. The van der Waals surface area contributed by atoms with Gasteiger partial charge in [-0.3, -0.25) is 19.2 Å². The van der Waals surface area contributed by atoms with E-state index in [0.29, 0.717) is 24.9 Å². The minimum Gasteiger partial charge on any atom is -0.480 e. The number of aromatic nitrogens is 2. The fourth-order valence-electron chi connectivity index (χ4n) is 5.34. The monoisotopic (exact) mass is 632 g/mol. The Kier molecular flexibility index (Phi) is 11.5. The van der Waals surface area contributed by atoms with Gasteiger partial charge in [0.05, 0.1) is 12.5 Å². The van der Waals surface area contributed by atoms with Crippen LogP contribution in [0, 0.1) is 0 Å². The zero-order valence-corrected chi connectivity index (χ0v) is 25.3. The lowest BCUT2D eigenvalue weighted by atomic mass is 10.0. The van der Waals surface area contributed by atoms with E-state index in [1.807, 2.05) is 48.5 Å². The largest absolute Gasteiger partial charge is 0.480 e. The van der Waals surface area contributed by atoms with Gasteiger partial charge in [-0.15, -0.1) is 0 Å². The number of aliphatic carboxylic acids is 1. The maximum Gasteiger partial charge on any atom is 0.326 e. The molecule has 244 valence electrons. The molecule has 46 heavy (non-hydrogen) atoms. The summed E-state index contributed by atoms with van der Waals surface area (Å²) in [5.74, 6) is -4.41. The van der Waals surface area contributed by atoms with Crippen molar-refractivity contribution < 1.29 is 29.1 Å². The molecule has 0 spiro atoms. The van der Waals surface area contributed by atoms with Crippen molar-refractivity contribution in [1.82, 2.24) is 25.9 Å². The van der Waals surface area contributed by atoms with Crippen LogP contribution < -0.4 is 33.2 Å². The molecule has 2 heterocycles. The molecule has 4 rings (SSSR count). The summed E-state index contributed by atoms with van der Waals surface area (Å²) in [7, 11) is 0. The molecule has 0 aliphatic heterocycles. The molecule has 14 nitrogen and oxygen atoms in total. The summed E-state index contributed by atoms with van der Waals surface area (Å²) in [5.41, 5.74) is 20.3. The SMILES string of the molecule is NCCCCC(NC(=O)C(Cc1c[nH]c2ccccc12)NC(=O)C(CC(N)=O)NC(=O)C(N)Cc1c[nH]c2ccccc12)C(=O)O. The Bertz CT molecular complexity index is 1700. The number of nitrogens with one attached hydrogen (secondary N) is 5. The number of benzene rings is 2. The number of amides is 4. The van der Waals surface area contributed by atoms with Crippen molar-refractivity contribution in [3.05, 3.63) is 72.1 Å². The molecule has 2 aromatic heterocycles. The normalized spacial score (nSPS) is 13.9. The number of H-pyrrole nitrogens is 2. The highest BCUT2D eigenvalue weighted by atomic mass is 16.4. The minimum atomic E-state index is -1.45. The van der Waals surface area contributed by atoms with Gasteiger partial charge >= 0.3 is 5.97 Å². The van der Waals surface area contributed by atoms with Gasteiger partial charge in [0.2, 0.25) is 23.6 Å². The first-order valence-corrected chi connectivity index (χ1v) is 15.0. The zero-order chi connectivity index (χ0) is 33.2. The Balaban J connectivity index is 1.52. The highest BCUT2D eigenvalue weighted by Crippen LogP contribution is 2.20. The third-order valence-corrected chi connectivity index (χ3v) is 7.78. The summed E-state index contributed by atoms with van der Waals surface area (Å²) in [6, 6.07) is 9.86. The second kappa shape index (κ2) is 15.7. The number of hydrogen-bond donors (Lipinski definition) is 9. The fourth-order valence-corrected chi connectivity index (χ4v) is 5.34. The van der Waals surface area contributed by atoms with Gasteiger partial charge in [-0.25, -0.2) is 4.79 Å². The van der Waals surface area contributed by atoms with Crippen LogP contribution >= 0.6 is 0 Å². The third-order valence-electron chi connectivity index (χ3n) is 7.78. The second-order valence-corrected chi connectivity index (χ2v) is 11.2. The van der Waals surface area contributed by atoms with Gasteiger partial charge in [0, 0.05) is 40.6 Å². The van der Waals surface area contributed by atoms with Crippen molar-refractivity contribution >= 4 is 51.4 Å². The summed E-state index contributed by atoms with van der Waals surface area (Å²) in [5, 5.41) is 19.0. The number of para-hydroxylation sites is 2. The van der Waals surface area contributed by atoms with E-state index in [1.165, 1.54) is 0 Å². The molecular weight excluding hydrogens is 592 g/mol. The van der Waals surface area contributed by atoms with E-state index < -0.39 is 60.2 Å². The number of primary amides is 1. The van der Waals surface area contributed by atoms with Crippen LogP contribution in [0.5, 0.6) is 0 Å². The first-order chi connectivity index (χ1) is 22.1. The van der Waals surface area contributed by atoms with E-state index >= 15 is 0 Å². The van der Waals surface area contributed by atoms with Gasteiger partial charge in [0.15, 0.2) is 0 Å². The predicted octanol–water partition coefficient (Wildman–Crippen LogP) is 0.305. The van der Waals surface area contributed by atoms with Crippen LogP contribution in [0.2, 0.25) is 0 Å². The number of fused-ring (bicyclic) bond motifs is 2. The molecule has 0 radical (unpaired) electrons. The molecule has 4 unspecified atom stereocenters. The Hall–Kier alpha value is -5.21. The van der Waals surface area contributed by atoms with Crippen molar-refractivity contribution in [2.45, 2.75) is 62.7 Å². The van der Waals surface area contributed by atoms with Crippen molar-refractivity contribution in [3.8, 4) is 0 Å². The van der Waals surface area contributed by atoms with E-state index in [-0.39, 0.29) is 19.3 Å². The van der Waals surface area contributed by atoms with Crippen molar-refractivity contribution in [2.24, 2.45) is 17.2 Å². The molecule has 0 aliphatic carbocycles. The quantitative estimate of drug-likeness (QED) is 0.0731. The van der Waals surface area contributed by atoms with Gasteiger partial charge < -0.3 is 48.2 Å². The number of hydrogen-bond acceptors (Lipinski definition) is 7. The van der Waals surface area contributed by atoms with Crippen LogP contribution in [0.3, 0.4) is 0 Å². The fraction of sp³-hybridized carbons (Fsp3) is 0.344. The number of nitrogens with two attached hydrogens (primary N) is 3. The average Bonchev–Trinajstić information content (AvgIpc) is 3.63. The summed E-state index contributed by atoms with van der Waals surface area (Å²) in [6.45, 7) is 0.373. The van der Waals surface area contributed by atoms with Gasteiger partial charge in [-0.1, -0.05) is 36.4 Å². The summed E-state index contributed by atoms with van der Waals surface area (Å²) < 4.78 is 0. The van der Waals surface area contributed by atoms with Crippen LogP contribution in [0.25, 0.3) is 21.8 Å². The topological polar surface area (TPSA) is 251 Å². The van der Waals surface area contributed by atoms with Crippen LogP contribution in [0.1, 0.15) is 36.8 Å². The molecule has 4 atom stereocenters. The molecule has 4 amide bonds. The Morgan fingerprint density at radius 3 is 1.80 bits per heavy atom. The van der Waals surface area contributed by atoms with E-state index in [0.717, 1.165) is 27.4 Å². The number of carboxylic acid groups (broad SMARTS) is 1. The van der Waals surface area contributed by atoms with Gasteiger partial charge in [0.25, 0.3) is 0 Å². The minimum absolute atomic E-state index is 0.0198. The third kappa shape index (κ3) is 8.70. The molecule has 0 bridgehead atoms. The average molecular weight is 633 g/mol. The molecule has 2 aromatic carbocycles. The standard InChI is InChI=1S/C32H40N8O6/c33-12-6-5-11-25(32(45)46)38-30(43)26(14-19-17-37-24-10-4-2-8-21(19)24)40-31(44)27(15-28(35)41)39-29(42)22(34)13-18-16-36-23-9-3-1-7-20(18)23/h1-4,7-10,16-17,22,25-27,36-37H,5-6,11-15,33-34H2,(H2,35,41)(H,38,43)(H,39,42)(H,40,44)(H,45,46). The highest BCUT2D eigenvalue weighted by molar-refractivity contribution is 5.97. The number of unbranched alkanes of at least 4 members (excludes halogenated alkanes) is 1. The first-order valence-electron chi connectivity index (χ1n) is 15.0. The van der Waals surface area contributed by atoms with E-state index in [1.54, 1.807) is 12.4 Å². The molecule has 12 N–H and O–H groups in total. The summed E-state index contributed by atoms with van der Waals surface area (Å²) >= 11 is 0. The lowest BCUT2D eigenvalue weighted by Crippen LogP contribution is -2.58. The van der Waals surface area contributed by atoms with Gasteiger partial charge in [0.1, 0.15) is 18.1 Å². The second-order valence-electron chi connectivity index (χ2n) is 11.2. The Morgan fingerprint density at radius 1 is 0.717 bits per heavy atom. The van der Waals surface area contributed by atoms with Gasteiger partial charge in [-0.2, -0.15) is 0 Å². The lowest BCUT2D eigenvalue weighted by molar-refractivity contribution is -0.142. The van der Waals surface area contributed by atoms with Crippen LogP contribution in [0.15, 0.2) is 60.9 Å². The predicted molar refractivity (Wildman–Crippen MR) is 172 cm³/mol. The molecule has 4 aromatic rings. The number of carbonyl (C=O) groups excluding carboxylic acids is 4. The molecule has 0 saturated heterocycles. The number of rotatable bonds is 17. The van der Waals surface area contributed by atoms with Gasteiger partial charge in [-0.05, 0) is 55.5 Å². The first kappa shape index (κ1) is 33.7. The van der Waals surface area contributed by atoms with Crippen LogP contribution in [0.4, 0.5) is 0 Å². The number of carboxylic acids is 1. The van der Waals surface area contributed by atoms with E-state index in [2.05, 4.69) is 25.9 Å². The van der Waals surface area contributed by atoms with E-state index in [9.17, 15) is 29.1 Å². The van der Waals surface area contributed by atoms with Crippen molar-refractivity contribution in [3.63, 3.8) is 0 Å². The Morgan fingerprint density at radius 2 is 1.24 bits per heavy atom. The Labute approximate surface area is 264 Å². The smallest absolute Gasteiger partial charge is 0.326 e. The molecule has 0 saturated carbocycles. The number of aromatic amines is 2. The van der Waals surface area contributed by atoms with Crippen LogP contribution in [-0.2, 0) is 36.8 Å². The molecular formula is C32H40N8O6. The van der Waals surface area contributed by atoms with Crippen molar-refractivity contribution in [2.75, 3.05) is 6.54 Å². The molecule has 0 aliphatic rings. The number of carbonyl (C=O) groups is 5. The summed E-state index contributed by atoms with van der Waals surface area (Å²) in [6.07, 6.45) is 4.20. The van der Waals surface area contributed by atoms with E-state index in [4.69, 9.17) is 17.2 Å².